The van der Waals surface area contributed by atoms with Gasteiger partial charge >= 0.3 is 0 Å². The third-order valence-corrected chi connectivity index (χ3v) is 4.40. The smallest absolute Gasteiger partial charge is 0.239 e. The Kier molecular flexibility index (Phi) is 5.68. The summed E-state index contributed by atoms with van der Waals surface area (Å²) in [6, 6.07) is 13.3. The van der Waals surface area contributed by atoms with Crippen molar-refractivity contribution in [3.63, 3.8) is 0 Å². The third kappa shape index (κ3) is 4.30. The van der Waals surface area contributed by atoms with Gasteiger partial charge in [0, 0.05) is 5.69 Å². The molecule has 2 amide bonds. The average molecular weight is 376 g/mol. The molecule has 0 aromatic heterocycles. The summed E-state index contributed by atoms with van der Waals surface area (Å²) >= 11 is 12.0. The van der Waals surface area contributed by atoms with E-state index in [0.717, 1.165) is 0 Å². The van der Waals surface area contributed by atoms with E-state index in [1.165, 1.54) is 19.9 Å². The van der Waals surface area contributed by atoms with Gasteiger partial charge in [0.05, 0.1) is 27.4 Å². The number of rotatable bonds is 4. The topological polar surface area (TPSA) is 82.0 Å². The maximum absolute atomic E-state index is 12.5. The highest BCUT2D eigenvalue weighted by atomic mass is 35.5. The molecule has 2 N–H and O–H groups in total. The van der Waals surface area contributed by atoms with Crippen molar-refractivity contribution < 1.29 is 9.59 Å². The summed E-state index contributed by atoms with van der Waals surface area (Å²) in [6.45, 7) is 2.98. The second kappa shape index (κ2) is 7.56. The predicted octanol–water partition coefficient (Wildman–Crippen LogP) is 4.47. The minimum Gasteiger partial charge on any atom is -0.325 e. The van der Waals surface area contributed by atoms with E-state index in [0.29, 0.717) is 22.0 Å². The van der Waals surface area contributed by atoms with E-state index in [1.54, 1.807) is 36.4 Å². The van der Waals surface area contributed by atoms with Crippen molar-refractivity contribution in [1.29, 1.82) is 5.26 Å². The van der Waals surface area contributed by atoms with E-state index in [2.05, 4.69) is 10.6 Å². The number of amides is 2. The first-order valence-corrected chi connectivity index (χ1v) is 8.08. The van der Waals surface area contributed by atoms with Crippen LogP contribution in [0.3, 0.4) is 0 Å². The molecule has 0 unspecified atom stereocenters. The minimum atomic E-state index is -1.38. The van der Waals surface area contributed by atoms with Crippen molar-refractivity contribution in [2.24, 2.45) is 5.41 Å². The minimum absolute atomic E-state index is 0.204. The van der Waals surface area contributed by atoms with E-state index in [9.17, 15) is 9.59 Å². The Morgan fingerprint density at radius 3 is 2.36 bits per heavy atom. The van der Waals surface area contributed by atoms with Gasteiger partial charge in [-0.3, -0.25) is 9.59 Å². The van der Waals surface area contributed by atoms with Gasteiger partial charge in [0.2, 0.25) is 11.8 Å². The second-order valence-corrected chi connectivity index (χ2v) is 6.61. The number of anilines is 2. The van der Waals surface area contributed by atoms with Crippen LogP contribution < -0.4 is 10.6 Å². The third-order valence-electron chi connectivity index (χ3n) is 3.58. The number of nitrogens with zero attached hydrogens (tertiary/aromatic N) is 1. The first-order chi connectivity index (χ1) is 11.8. The largest absolute Gasteiger partial charge is 0.325 e. The van der Waals surface area contributed by atoms with Crippen molar-refractivity contribution in [3.05, 3.63) is 58.1 Å². The highest BCUT2D eigenvalue weighted by Crippen LogP contribution is 2.31. The molecule has 0 bridgehead atoms. The van der Waals surface area contributed by atoms with Crippen LogP contribution in [0.2, 0.25) is 10.0 Å². The number of halogens is 2. The quantitative estimate of drug-likeness (QED) is 0.773. The van der Waals surface area contributed by atoms with Crippen molar-refractivity contribution in [2.75, 3.05) is 10.6 Å². The molecule has 0 aliphatic carbocycles. The SMILES string of the molecule is CC(C)(C(=O)Nc1cccc(C#N)c1)C(=O)Nc1cccc(Cl)c1Cl. The van der Waals surface area contributed by atoms with Crippen LogP contribution in [0.4, 0.5) is 11.4 Å². The molecule has 0 aliphatic heterocycles. The van der Waals surface area contributed by atoms with Crippen molar-refractivity contribution in [1.82, 2.24) is 0 Å². The summed E-state index contributed by atoms with van der Waals surface area (Å²) in [4.78, 5) is 25.0. The highest BCUT2D eigenvalue weighted by Gasteiger charge is 2.36. The summed E-state index contributed by atoms with van der Waals surface area (Å²) in [6.07, 6.45) is 0. The first kappa shape index (κ1) is 18.8. The molecule has 0 fully saturated rings. The first-order valence-electron chi connectivity index (χ1n) is 7.33. The molecule has 0 radical (unpaired) electrons. The molecular weight excluding hydrogens is 361 g/mol. The Labute approximate surface area is 155 Å². The van der Waals surface area contributed by atoms with Crippen molar-refractivity contribution >= 4 is 46.4 Å². The molecule has 7 heteroatoms. The van der Waals surface area contributed by atoms with E-state index in [4.69, 9.17) is 28.5 Å². The normalized spacial score (nSPS) is 10.7. The van der Waals surface area contributed by atoms with Gasteiger partial charge in [0.1, 0.15) is 5.41 Å². The van der Waals surface area contributed by atoms with Gasteiger partial charge in [-0.25, -0.2) is 0 Å². The summed E-state index contributed by atoms with van der Waals surface area (Å²) in [5.74, 6) is -1.05. The molecule has 0 saturated carbocycles. The fourth-order valence-electron chi connectivity index (χ4n) is 1.94. The molecule has 0 saturated heterocycles. The maximum Gasteiger partial charge on any atom is 0.239 e. The molecule has 2 aromatic rings. The Morgan fingerprint density at radius 2 is 1.68 bits per heavy atom. The maximum atomic E-state index is 12.5. The number of carbonyl (C=O) groups excluding carboxylic acids is 2. The second-order valence-electron chi connectivity index (χ2n) is 5.83. The lowest BCUT2D eigenvalue weighted by Gasteiger charge is -2.23. The monoisotopic (exact) mass is 375 g/mol. The molecular formula is C18H15Cl2N3O2. The fourth-order valence-corrected chi connectivity index (χ4v) is 2.28. The van der Waals surface area contributed by atoms with E-state index in [-0.39, 0.29) is 5.02 Å². The van der Waals surface area contributed by atoms with Gasteiger partial charge in [-0.15, -0.1) is 0 Å². The number of hydrogen-bond donors (Lipinski definition) is 2. The van der Waals surface area contributed by atoms with Crippen LogP contribution in [0.1, 0.15) is 19.4 Å². The number of nitriles is 1. The summed E-state index contributed by atoms with van der Waals surface area (Å²) in [5, 5.41) is 14.7. The Bertz CT molecular complexity index is 873. The van der Waals surface area contributed by atoms with E-state index < -0.39 is 17.2 Å². The van der Waals surface area contributed by atoms with Gasteiger partial charge in [-0.05, 0) is 44.2 Å². The molecule has 2 rings (SSSR count). The number of benzene rings is 2. The molecule has 2 aromatic carbocycles. The zero-order valence-corrected chi connectivity index (χ0v) is 15.1. The van der Waals surface area contributed by atoms with Crippen molar-refractivity contribution in [2.45, 2.75) is 13.8 Å². The zero-order chi connectivity index (χ0) is 18.6. The predicted molar refractivity (Wildman–Crippen MR) is 98.7 cm³/mol. The van der Waals surface area contributed by atoms with Crippen LogP contribution >= 0.6 is 23.2 Å². The van der Waals surface area contributed by atoms with E-state index in [1.807, 2.05) is 6.07 Å². The van der Waals surface area contributed by atoms with Crippen LogP contribution in [-0.4, -0.2) is 11.8 Å². The molecule has 25 heavy (non-hydrogen) atoms. The van der Waals surface area contributed by atoms with E-state index >= 15 is 0 Å². The van der Waals surface area contributed by atoms with Crippen LogP contribution in [0.15, 0.2) is 42.5 Å². The van der Waals surface area contributed by atoms with Gasteiger partial charge in [0.15, 0.2) is 0 Å². The van der Waals surface area contributed by atoms with Crippen LogP contribution in [0.5, 0.6) is 0 Å². The molecule has 0 heterocycles. The van der Waals surface area contributed by atoms with Gasteiger partial charge in [-0.2, -0.15) is 5.26 Å². The van der Waals surface area contributed by atoms with Crippen LogP contribution in [0.25, 0.3) is 0 Å². The summed E-state index contributed by atoms with van der Waals surface area (Å²) < 4.78 is 0. The zero-order valence-electron chi connectivity index (χ0n) is 13.6. The Hall–Kier alpha value is -2.55. The average Bonchev–Trinajstić information content (AvgIpc) is 2.59. The van der Waals surface area contributed by atoms with Crippen molar-refractivity contribution in [3.8, 4) is 6.07 Å². The number of nitrogens with one attached hydrogen (secondary N) is 2. The van der Waals surface area contributed by atoms with Gasteiger partial charge in [0.25, 0.3) is 0 Å². The van der Waals surface area contributed by atoms with Gasteiger partial charge in [-0.1, -0.05) is 35.3 Å². The van der Waals surface area contributed by atoms with Crippen LogP contribution in [-0.2, 0) is 9.59 Å². The Morgan fingerprint density at radius 1 is 1.04 bits per heavy atom. The molecule has 0 atom stereocenters. The Balaban J connectivity index is 2.15. The molecule has 0 spiro atoms. The molecule has 0 aliphatic rings. The lowest BCUT2D eigenvalue weighted by Crippen LogP contribution is -2.41. The number of hydrogen-bond acceptors (Lipinski definition) is 3. The summed E-state index contributed by atoms with van der Waals surface area (Å²) in [7, 11) is 0. The highest BCUT2D eigenvalue weighted by molar-refractivity contribution is 6.44. The molecule has 5 nitrogen and oxygen atoms in total. The van der Waals surface area contributed by atoms with Crippen LogP contribution in [0, 0.1) is 16.7 Å². The van der Waals surface area contributed by atoms with Gasteiger partial charge < -0.3 is 10.6 Å². The molecule has 128 valence electrons. The standard InChI is InChI=1S/C18H15Cl2N3O2/c1-18(2,16(24)22-12-6-3-5-11(9-12)10-21)17(25)23-14-8-4-7-13(19)15(14)20/h3-9H,1-2H3,(H,22,24)(H,23,25). The summed E-state index contributed by atoms with van der Waals surface area (Å²) in [5.41, 5.74) is -0.211. The fraction of sp³-hybridized carbons (Fsp3) is 0.167. The lowest BCUT2D eigenvalue weighted by molar-refractivity contribution is -0.135. The lowest BCUT2D eigenvalue weighted by atomic mass is 9.90. The number of carbonyl (C=O) groups is 2.